The summed E-state index contributed by atoms with van der Waals surface area (Å²) in [5.41, 5.74) is 0. The highest BCUT2D eigenvalue weighted by atomic mass is 31.2. The lowest BCUT2D eigenvalue weighted by Gasteiger charge is -2.18. The third-order valence-electron chi connectivity index (χ3n) is 8.35. The number of rotatable bonds is 35. The van der Waals surface area contributed by atoms with Gasteiger partial charge in [-0.15, -0.1) is 0 Å². The van der Waals surface area contributed by atoms with Crippen LogP contribution in [0.15, 0.2) is 48.6 Å². The average Bonchev–Trinajstić information content (AvgIpc) is 3.08. The predicted molar refractivity (Wildman–Crippen MR) is 208 cm³/mol. The number of allylic oxidation sites excluding steroid dienone is 7. The Bertz CT molecular complexity index is 999. The lowest BCUT2D eigenvalue weighted by atomic mass is 10.0. The summed E-state index contributed by atoms with van der Waals surface area (Å²) in [6.07, 6.45) is 37.5. The van der Waals surface area contributed by atoms with Gasteiger partial charge >= 0.3 is 19.8 Å². The highest BCUT2D eigenvalue weighted by molar-refractivity contribution is 7.46. The van der Waals surface area contributed by atoms with Crippen LogP contribution in [0.5, 0.6) is 0 Å². The zero-order chi connectivity index (χ0) is 37.8. The summed E-state index contributed by atoms with van der Waals surface area (Å²) in [4.78, 5) is 42.7. The molecule has 0 aromatic carbocycles. The minimum atomic E-state index is -4.77. The molecule has 2 atom stereocenters. The summed E-state index contributed by atoms with van der Waals surface area (Å²) in [6, 6.07) is 0. The second-order valence-corrected chi connectivity index (χ2v) is 15.1. The third kappa shape index (κ3) is 39.0. The van der Waals surface area contributed by atoms with Gasteiger partial charge in [0.2, 0.25) is 0 Å². The fraction of sp³-hybridized carbons (Fsp3) is 0.756. The molecule has 0 aromatic heterocycles. The van der Waals surface area contributed by atoms with Gasteiger partial charge in [-0.2, -0.15) is 0 Å². The topological polar surface area (TPSA) is 140 Å². The van der Waals surface area contributed by atoms with E-state index in [1.54, 1.807) is 0 Å². The average molecular weight is 741 g/mol. The summed E-state index contributed by atoms with van der Waals surface area (Å²) < 4.78 is 26.3. The van der Waals surface area contributed by atoms with Crippen molar-refractivity contribution in [2.24, 2.45) is 5.92 Å². The number of phosphoric acid groups is 1. The second kappa shape index (κ2) is 35.0. The van der Waals surface area contributed by atoms with E-state index in [0.717, 1.165) is 63.7 Å². The fourth-order valence-corrected chi connectivity index (χ4v) is 5.69. The van der Waals surface area contributed by atoms with E-state index in [2.05, 4.69) is 49.6 Å². The summed E-state index contributed by atoms with van der Waals surface area (Å²) in [5, 5.41) is 9.78. The number of esters is 2. The Morgan fingerprint density at radius 2 is 1.14 bits per heavy atom. The Kier molecular flexibility index (Phi) is 33.6. The molecule has 0 unspecified atom stereocenters. The van der Waals surface area contributed by atoms with Crippen molar-refractivity contribution >= 4 is 19.8 Å². The Morgan fingerprint density at radius 1 is 0.627 bits per heavy atom. The molecule has 0 aliphatic carbocycles. The van der Waals surface area contributed by atoms with Crippen LogP contribution >= 0.6 is 7.82 Å². The normalized spacial score (nSPS) is 13.7. The Morgan fingerprint density at radius 3 is 1.69 bits per heavy atom. The lowest BCUT2D eigenvalue weighted by molar-refractivity contribution is -0.161. The number of hydrogen-bond donors (Lipinski definition) is 3. The highest BCUT2D eigenvalue weighted by Crippen LogP contribution is 2.36. The Hall–Kier alpha value is -2.03. The van der Waals surface area contributed by atoms with Crippen molar-refractivity contribution in [1.29, 1.82) is 0 Å². The quantitative estimate of drug-likeness (QED) is 0.0251. The molecule has 9 nitrogen and oxygen atoms in total. The molecule has 0 rings (SSSR count). The standard InChI is InChI=1S/C41H73O9P/c1-4-5-31-38(42)32-27-23-19-15-11-7-9-12-16-20-24-28-33-40(43)48-35-39(36-49-51(45,46)47)50-41(44)34-29-25-21-17-13-8-6-10-14-18-22-26-30-37(2)3/h7,9,15-16,19-20,27,32,37-39,42H,4-6,8,10-14,17-18,21-26,28-31,33-36H2,1-3H3,(H2,45,46,47)/b9-7-,19-15-,20-16-,32-27-/t38-,39+/m0/s1. The molecule has 0 aromatic rings. The lowest BCUT2D eigenvalue weighted by Crippen LogP contribution is -2.29. The number of aliphatic hydroxyl groups excluding tert-OH is 1. The second-order valence-electron chi connectivity index (χ2n) is 13.9. The van der Waals surface area contributed by atoms with Crippen LogP contribution in [0.4, 0.5) is 0 Å². The van der Waals surface area contributed by atoms with Gasteiger partial charge in [0.15, 0.2) is 6.10 Å². The molecule has 296 valence electrons. The van der Waals surface area contributed by atoms with E-state index in [1.807, 2.05) is 24.3 Å². The first-order valence-electron chi connectivity index (χ1n) is 19.9. The number of hydrogen-bond acceptors (Lipinski definition) is 7. The van der Waals surface area contributed by atoms with Crippen molar-refractivity contribution in [2.75, 3.05) is 13.2 Å². The van der Waals surface area contributed by atoms with Gasteiger partial charge in [-0.1, -0.05) is 159 Å². The molecule has 51 heavy (non-hydrogen) atoms. The van der Waals surface area contributed by atoms with Crippen molar-refractivity contribution in [3.8, 4) is 0 Å². The van der Waals surface area contributed by atoms with Crippen molar-refractivity contribution in [1.82, 2.24) is 0 Å². The molecule has 0 saturated heterocycles. The van der Waals surface area contributed by atoms with Crippen LogP contribution in [-0.2, 0) is 28.2 Å². The first-order valence-corrected chi connectivity index (χ1v) is 21.4. The smallest absolute Gasteiger partial charge is 0.462 e. The number of ether oxygens (including phenoxy) is 2. The van der Waals surface area contributed by atoms with Crippen LogP contribution < -0.4 is 0 Å². The van der Waals surface area contributed by atoms with E-state index < -0.39 is 32.5 Å². The summed E-state index contributed by atoms with van der Waals surface area (Å²) in [5.74, 6) is -0.164. The van der Waals surface area contributed by atoms with Gasteiger partial charge < -0.3 is 24.4 Å². The molecule has 0 aliphatic heterocycles. The summed E-state index contributed by atoms with van der Waals surface area (Å²) >= 11 is 0. The molecular weight excluding hydrogens is 667 g/mol. The van der Waals surface area contributed by atoms with E-state index in [-0.39, 0.29) is 25.6 Å². The van der Waals surface area contributed by atoms with Crippen molar-refractivity contribution in [3.63, 3.8) is 0 Å². The molecule has 0 radical (unpaired) electrons. The zero-order valence-corrected chi connectivity index (χ0v) is 33.2. The van der Waals surface area contributed by atoms with Crippen LogP contribution in [0, 0.1) is 5.92 Å². The zero-order valence-electron chi connectivity index (χ0n) is 32.3. The highest BCUT2D eigenvalue weighted by Gasteiger charge is 2.22. The predicted octanol–water partition coefficient (Wildman–Crippen LogP) is 10.8. The van der Waals surface area contributed by atoms with Gasteiger partial charge in [0.25, 0.3) is 0 Å². The minimum absolute atomic E-state index is 0.174. The van der Waals surface area contributed by atoms with Crippen LogP contribution in [0.25, 0.3) is 0 Å². The van der Waals surface area contributed by atoms with E-state index in [0.29, 0.717) is 19.3 Å². The first kappa shape index (κ1) is 49.0. The maximum Gasteiger partial charge on any atom is 0.469 e. The number of carbonyl (C=O) groups excluding carboxylic acids is 2. The van der Waals surface area contributed by atoms with Crippen LogP contribution in [0.1, 0.15) is 168 Å². The van der Waals surface area contributed by atoms with Gasteiger partial charge in [0, 0.05) is 12.8 Å². The van der Waals surface area contributed by atoms with E-state index in [4.69, 9.17) is 19.3 Å². The molecule has 0 fully saturated rings. The molecular formula is C41H73O9P. The number of carbonyl (C=O) groups is 2. The maximum absolute atomic E-state index is 12.4. The third-order valence-corrected chi connectivity index (χ3v) is 8.83. The molecule has 0 aliphatic rings. The summed E-state index contributed by atoms with van der Waals surface area (Å²) in [6.45, 7) is 5.80. The van der Waals surface area contributed by atoms with E-state index >= 15 is 0 Å². The Balaban J connectivity index is 4.07. The van der Waals surface area contributed by atoms with Gasteiger partial charge in [-0.3, -0.25) is 14.1 Å². The largest absolute Gasteiger partial charge is 0.469 e. The van der Waals surface area contributed by atoms with Gasteiger partial charge in [0.1, 0.15) is 6.61 Å². The Labute approximate surface area is 310 Å². The van der Waals surface area contributed by atoms with Crippen molar-refractivity contribution in [2.45, 2.75) is 181 Å². The van der Waals surface area contributed by atoms with Crippen LogP contribution in [0.2, 0.25) is 0 Å². The molecule has 10 heteroatoms. The van der Waals surface area contributed by atoms with Crippen LogP contribution in [0.3, 0.4) is 0 Å². The number of phosphoric ester groups is 1. The molecule has 0 amide bonds. The molecule has 0 spiro atoms. The number of aliphatic hydroxyl groups is 1. The van der Waals surface area contributed by atoms with E-state index in [9.17, 15) is 19.3 Å². The monoisotopic (exact) mass is 740 g/mol. The molecule has 0 heterocycles. The summed E-state index contributed by atoms with van der Waals surface area (Å²) in [7, 11) is -4.77. The van der Waals surface area contributed by atoms with Gasteiger partial charge in [0.05, 0.1) is 12.7 Å². The van der Waals surface area contributed by atoms with Crippen molar-refractivity contribution < 1.29 is 43.0 Å². The molecule has 3 N–H and O–H groups in total. The SMILES string of the molecule is CCCC[C@H](O)/C=C\C/C=C\C/C=C\C/C=C\CCCC(=O)OC[C@H](COP(=O)(O)O)OC(=O)CCCCCCCCCCCCCCC(C)C. The van der Waals surface area contributed by atoms with Gasteiger partial charge in [-0.05, 0) is 50.9 Å². The maximum atomic E-state index is 12.4. The number of unbranched alkanes of at least 4 members (excludes halogenated alkanes) is 13. The first-order chi connectivity index (χ1) is 24.5. The van der Waals surface area contributed by atoms with Crippen LogP contribution in [-0.4, -0.2) is 52.3 Å². The molecule has 0 bridgehead atoms. The van der Waals surface area contributed by atoms with E-state index in [1.165, 1.54) is 57.8 Å². The minimum Gasteiger partial charge on any atom is -0.462 e. The van der Waals surface area contributed by atoms with Crippen molar-refractivity contribution in [3.05, 3.63) is 48.6 Å². The van der Waals surface area contributed by atoms with Gasteiger partial charge in [-0.25, -0.2) is 4.57 Å². The fourth-order valence-electron chi connectivity index (χ4n) is 5.33. The molecule has 0 saturated carbocycles.